The van der Waals surface area contributed by atoms with E-state index >= 15 is 0 Å². The largest absolute Gasteiger partial charge is 0.465 e. The summed E-state index contributed by atoms with van der Waals surface area (Å²) in [6.07, 6.45) is -0.189. The van der Waals surface area contributed by atoms with Crippen LogP contribution in [0.2, 0.25) is 0 Å². The fourth-order valence-electron chi connectivity index (χ4n) is 1.58. The summed E-state index contributed by atoms with van der Waals surface area (Å²) in [6, 6.07) is 1.25. The van der Waals surface area contributed by atoms with Crippen molar-refractivity contribution < 1.29 is 32.7 Å². The number of carbonyl (C=O) groups is 2. The van der Waals surface area contributed by atoms with E-state index in [1.54, 1.807) is 0 Å². The van der Waals surface area contributed by atoms with E-state index < -0.39 is 19.5 Å². The van der Waals surface area contributed by atoms with Crippen LogP contribution < -0.4 is 5.73 Å². The molecule has 24 heavy (non-hydrogen) atoms. The normalized spacial score (nSPS) is 10.5. The van der Waals surface area contributed by atoms with Gasteiger partial charge in [-0.2, -0.15) is 0 Å². The number of rotatable bonds is 5. The molecule has 1 rings (SSSR count). The third kappa shape index (κ3) is 4.55. The van der Waals surface area contributed by atoms with Gasteiger partial charge >= 0.3 is 19.5 Å². The molecule has 1 aromatic rings. The molecule has 0 bridgehead atoms. The minimum Gasteiger partial charge on any atom is -0.465 e. The fraction of sp³-hybridized carbons (Fsp3) is 0.357. The van der Waals surface area contributed by atoms with Gasteiger partial charge in [0.1, 0.15) is 12.0 Å². The molecular weight excluding hydrogens is 339 g/mol. The molecule has 0 aliphatic carbocycles. The summed E-state index contributed by atoms with van der Waals surface area (Å²) >= 11 is 0. The molecule has 0 unspecified atom stereocenters. The SMILES string of the molecule is COC(=O)c1cc(C#CCP(=O)(OC)OC)c(N)nc1C(=O)OC. The lowest BCUT2D eigenvalue weighted by atomic mass is 10.1. The summed E-state index contributed by atoms with van der Waals surface area (Å²) < 4.78 is 30.5. The molecule has 0 atom stereocenters. The van der Waals surface area contributed by atoms with E-state index in [0.29, 0.717) is 0 Å². The van der Waals surface area contributed by atoms with Gasteiger partial charge in [-0.05, 0) is 6.07 Å². The van der Waals surface area contributed by atoms with Crippen molar-refractivity contribution in [2.75, 3.05) is 40.3 Å². The molecule has 0 spiro atoms. The van der Waals surface area contributed by atoms with Crippen LogP contribution in [0.5, 0.6) is 0 Å². The number of hydrogen-bond donors (Lipinski definition) is 1. The molecule has 0 saturated carbocycles. The third-order valence-corrected chi connectivity index (χ3v) is 4.55. The van der Waals surface area contributed by atoms with Crippen LogP contribution in [0.25, 0.3) is 0 Å². The number of pyridine rings is 1. The van der Waals surface area contributed by atoms with Crippen molar-refractivity contribution >= 4 is 25.4 Å². The Hall–Kier alpha value is -2.40. The molecule has 10 heteroatoms. The maximum atomic E-state index is 11.9. The van der Waals surface area contributed by atoms with Gasteiger partial charge in [0.15, 0.2) is 5.69 Å². The highest BCUT2D eigenvalue weighted by Crippen LogP contribution is 2.45. The lowest BCUT2D eigenvalue weighted by molar-refractivity contribution is 0.0550. The second-order valence-corrected chi connectivity index (χ2v) is 6.50. The number of hydrogen-bond acceptors (Lipinski definition) is 9. The smallest absolute Gasteiger partial charge is 0.357 e. The number of nitrogens with zero attached hydrogens (tertiary/aromatic N) is 1. The van der Waals surface area contributed by atoms with Crippen molar-refractivity contribution in [3.8, 4) is 11.8 Å². The molecule has 0 fully saturated rings. The van der Waals surface area contributed by atoms with Gasteiger partial charge in [0.2, 0.25) is 0 Å². The van der Waals surface area contributed by atoms with Gasteiger partial charge in [-0.25, -0.2) is 14.6 Å². The summed E-state index contributed by atoms with van der Waals surface area (Å²) in [5, 5.41) is 0. The predicted octanol–water partition coefficient (Wildman–Crippen LogP) is 1.07. The van der Waals surface area contributed by atoms with Gasteiger partial charge in [-0.15, -0.1) is 0 Å². The molecule has 2 N–H and O–H groups in total. The van der Waals surface area contributed by atoms with E-state index in [2.05, 4.69) is 26.3 Å². The summed E-state index contributed by atoms with van der Waals surface area (Å²) in [6.45, 7) is 0. The maximum absolute atomic E-state index is 11.9. The van der Waals surface area contributed by atoms with Crippen molar-refractivity contribution in [3.63, 3.8) is 0 Å². The Bertz CT molecular complexity index is 743. The molecule has 130 valence electrons. The first-order valence-electron chi connectivity index (χ1n) is 6.48. The van der Waals surface area contributed by atoms with E-state index in [-0.39, 0.29) is 28.8 Å². The highest BCUT2D eigenvalue weighted by Gasteiger charge is 2.23. The number of nitrogen functional groups attached to an aromatic ring is 1. The van der Waals surface area contributed by atoms with Crippen LogP contribution in [-0.2, 0) is 23.1 Å². The average Bonchev–Trinajstić information content (AvgIpc) is 2.61. The Morgan fingerprint density at radius 1 is 1.17 bits per heavy atom. The fourth-order valence-corrected chi connectivity index (χ4v) is 2.26. The van der Waals surface area contributed by atoms with Gasteiger partial charge in [0.05, 0.1) is 25.3 Å². The van der Waals surface area contributed by atoms with E-state index in [1.165, 1.54) is 20.3 Å². The number of anilines is 1. The molecular formula is C14H17N2O7P. The zero-order chi connectivity index (χ0) is 18.3. The van der Waals surface area contributed by atoms with Crippen LogP contribution in [0.4, 0.5) is 5.82 Å². The van der Waals surface area contributed by atoms with Crippen LogP contribution in [0.1, 0.15) is 26.4 Å². The predicted molar refractivity (Wildman–Crippen MR) is 84.7 cm³/mol. The second kappa shape index (κ2) is 8.45. The van der Waals surface area contributed by atoms with Gasteiger partial charge < -0.3 is 24.3 Å². The number of ether oxygens (including phenoxy) is 2. The summed E-state index contributed by atoms with van der Waals surface area (Å²) in [5.74, 6) is 3.45. The van der Waals surface area contributed by atoms with E-state index in [9.17, 15) is 14.2 Å². The molecule has 0 aliphatic rings. The van der Waals surface area contributed by atoms with Crippen molar-refractivity contribution in [2.24, 2.45) is 0 Å². The average molecular weight is 356 g/mol. The van der Waals surface area contributed by atoms with E-state index in [4.69, 9.17) is 14.8 Å². The van der Waals surface area contributed by atoms with Crippen LogP contribution in [0, 0.1) is 11.8 Å². The summed E-state index contributed by atoms with van der Waals surface area (Å²) in [5.41, 5.74) is 5.45. The van der Waals surface area contributed by atoms with E-state index in [1.807, 2.05) is 0 Å². The van der Waals surface area contributed by atoms with Crippen LogP contribution in [0.15, 0.2) is 6.07 Å². The Labute approximate surface area is 139 Å². The highest BCUT2D eigenvalue weighted by atomic mass is 31.2. The first kappa shape index (κ1) is 19.6. The third-order valence-electron chi connectivity index (χ3n) is 2.89. The molecule has 1 aromatic heterocycles. The lowest BCUT2D eigenvalue weighted by Crippen LogP contribution is -2.16. The summed E-state index contributed by atoms with van der Waals surface area (Å²) in [7, 11) is 1.47. The lowest BCUT2D eigenvalue weighted by Gasteiger charge is -2.09. The minimum atomic E-state index is -3.30. The molecule has 0 aromatic carbocycles. The zero-order valence-corrected chi connectivity index (χ0v) is 14.5. The zero-order valence-electron chi connectivity index (χ0n) is 13.6. The number of methoxy groups -OCH3 is 2. The van der Waals surface area contributed by atoms with Gasteiger partial charge in [0.25, 0.3) is 0 Å². The van der Waals surface area contributed by atoms with Crippen molar-refractivity contribution in [1.82, 2.24) is 4.98 Å². The topological polar surface area (TPSA) is 127 Å². The molecule has 0 amide bonds. The Morgan fingerprint density at radius 3 is 2.25 bits per heavy atom. The van der Waals surface area contributed by atoms with Crippen LogP contribution >= 0.6 is 7.60 Å². The number of aromatic nitrogens is 1. The Morgan fingerprint density at radius 2 is 1.75 bits per heavy atom. The number of carbonyl (C=O) groups excluding carboxylic acids is 2. The highest BCUT2D eigenvalue weighted by molar-refractivity contribution is 7.54. The van der Waals surface area contributed by atoms with Gasteiger partial charge in [0, 0.05) is 14.2 Å². The first-order valence-corrected chi connectivity index (χ1v) is 8.21. The Kier molecular flexibility index (Phi) is 6.92. The van der Waals surface area contributed by atoms with Crippen molar-refractivity contribution in [1.29, 1.82) is 0 Å². The molecule has 0 radical (unpaired) electrons. The van der Waals surface area contributed by atoms with Crippen molar-refractivity contribution in [3.05, 3.63) is 22.9 Å². The van der Waals surface area contributed by atoms with Crippen molar-refractivity contribution in [2.45, 2.75) is 0 Å². The Balaban J connectivity index is 3.30. The van der Waals surface area contributed by atoms with Gasteiger partial charge in [-0.3, -0.25) is 4.57 Å². The number of esters is 2. The van der Waals surface area contributed by atoms with Gasteiger partial charge in [-0.1, -0.05) is 11.8 Å². The molecule has 0 saturated heterocycles. The molecule has 9 nitrogen and oxygen atoms in total. The number of nitrogens with two attached hydrogens (primary N) is 1. The summed E-state index contributed by atoms with van der Waals surface area (Å²) in [4.78, 5) is 27.3. The van der Waals surface area contributed by atoms with E-state index in [0.717, 1.165) is 14.2 Å². The first-order chi connectivity index (χ1) is 11.3. The molecule has 0 aliphatic heterocycles. The minimum absolute atomic E-state index is 0.0970. The second-order valence-electron chi connectivity index (χ2n) is 4.24. The monoisotopic (exact) mass is 356 g/mol. The quantitative estimate of drug-likeness (QED) is 0.468. The molecule has 1 heterocycles. The van der Waals surface area contributed by atoms with Crippen LogP contribution in [-0.4, -0.2) is 51.5 Å². The maximum Gasteiger partial charge on any atom is 0.357 e. The van der Waals surface area contributed by atoms with Crippen LogP contribution in [0.3, 0.4) is 0 Å². The standard InChI is InChI=1S/C14H17N2O7P/c1-20-13(17)10-8-9(6-5-7-24(19,22-3)23-4)12(15)16-11(10)14(18)21-2/h8H,7H2,1-4H3,(H2,15,16).